The molecule has 2 N–H and O–H groups in total. The van der Waals surface area contributed by atoms with Crippen molar-refractivity contribution in [2.75, 3.05) is 13.6 Å². The molecule has 0 spiro atoms. The first-order valence-corrected chi connectivity index (χ1v) is 4.31. The molecule has 3 nitrogen and oxygen atoms in total. The Kier molecular flexibility index (Phi) is 3.73. The Morgan fingerprint density at radius 1 is 1.69 bits per heavy atom. The fourth-order valence-electron chi connectivity index (χ4n) is 0.880. The molecule has 0 aromatic carbocycles. The molecule has 0 amide bonds. The quantitative estimate of drug-likeness (QED) is 0.768. The fourth-order valence-corrected chi connectivity index (χ4v) is 1.06. The van der Waals surface area contributed by atoms with Gasteiger partial charge in [0, 0.05) is 12.7 Å². The van der Waals surface area contributed by atoms with Crippen LogP contribution >= 0.6 is 11.6 Å². The molecule has 1 aromatic rings. The summed E-state index contributed by atoms with van der Waals surface area (Å²) in [5, 5.41) is 3.19. The van der Waals surface area contributed by atoms with Crippen molar-refractivity contribution in [3.05, 3.63) is 39.3 Å². The molecule has 0 aliphatic rings. The molecule has 0 aliphatic carbocycles. The lowest BCUT2D eigenvalue weighted by atomic mass is 10.2. The largest absolute Gasteiger partial charge is 0.327 e. The molecule has 70 valence electrons. The molecule has 0 atom stereocenters. The van der Waals surface area contributed by atoms with E-state index < -0.39 is 0 Å². The van der Waals surface area contributed by atoms with Crippen molar-refractivity contribution < 1.29 is 0 Å². The minimum Gasteiger partial charge on any atom is -0.327 e. The van der Waals surface area contributed by atoms with Crippen LogP contribution in [-0.2, 0) is 0 Å². The lowest BCUT2D eigenvalue weighted by Crippen LogP contribution is -2.05. The minimum absolute atomic E-state index is 0.214. The third-order valence-electron chi connectivity index (χ3n) is 1.51. The molecule has 13 heavy (non-hydrogen) atoms. The predicted octanol–water partition coefficient (Wildman–Crippen LogP) is 1.26. The van der Waals surface area contributed by atoms with E-state index in [0.29, 0.717) is 0 Å². The molecule has 0 radical (unpaired) electrons. The number of aromatic amines is 1. The monoisotopic (exact) mass is 198 g/mol. The number of pyridine rings is 1. The summed E-state index contributed by atoms with van der Waals surface area (Å²) < 4.78 is 0. The van der Waals surface area contributed by atoms with Crippen molar-refractivity contribution in [2.24, 2.45) is 0 Å². The van der Waals surface area contributed by atoms with Gasteiger partial charge in [-0.2, -0.15) is 0 Å². The van der Waals surface area contributed by atoms with Crippen LogP contribution in [0.2, 0.25) is 5.02 Å². The molecule has 1 rings (SSSR count). The highest BCUT2D eigenvalue weighted by Crippen LogP contribution is 2.05. The second kappa shape index (κ2) is 4.84. The average Bonchev–Trinajstić information content (AvgIpc) is 2.12. The Labute approximate surface area is 81.4 Å². The number of rotatable bonds is 3. The van der Waals surface area contributed by atoms with Crippen LogP contribution in [0.5, 0.6) is 0 Å². The number of hydrogen-bond donors (Lipinski definition) is 2. The van der Waals surface area contributed by atoms with E-state index in [1.54, 1.807) is 12.3 Å². The Morgan fingerprint density at radius 3 is 3.08 bits per heavy atom. The number of likely N-dealkylation sites (N-methyl/N-ethyl adjacent to an activating group) is 1. The van der Waals surface area contributed by atoms with Crippen LogP contribution in [0.15, 0.2) is 23.1 Å². The van der Waals surface area contributed by atoms with Gasteiger partial charge in [0.2, 0.25) is 0 Å². The van der Waals surface area contributed by atoms with Crippen molar-refractivity contribution in [1.82, 2.24) is 10.3 Å². The standard InChI is InChI=1S/C9H11ClN2O/c1-11-4-2-3-7-5-8(10)9(13)12-6-7/h2-3,5-6,11H,4H2,1H3,(H,12,13). The van der Waals surface area contributed by atoms with Crippen LogP contribution in [0.25, 0.3) is 6.08 Å². The van der Waals surface area contributed by atoms with E-state index in [9.17, 15) is 4.79 Å². The van der Waals surface area contributed by atoms with Gasteiger partial charge in [-0.1, -0.05) is 23.8 Å². The SMILES string of the molecule is CNCC=Cc1c[nH]c(=O)c(Cl)c1. The van der Waals surface area contributed by atoms with Gasteiger partial charge < -0.3 is 10.3 Å². The van der Waals surface area contributed by atoms with Gasteiger partial charge in [-0.25, -0.2) is 0 Å². The number of H-pyrrole nitrogens is 1. The number of nitrogens with one attached hydrogen (secondary N) is 2. The van der Waals surface area contributed by atoms with Gasteiger partial charge in [-0.3, -0.25) is 4.79 Å². The third kappa shape index (κ3) is 3.05. The van der Waals surface area contributed by atoms with Gasteiger partial charge in [-0.15, -0.1) is 0 Å². The minimum atomic E-state index is -0.257. The van der Waals surface area contributed by atoms with Gasteiger partial charge in [0.25, 0.3) is 5.56 Å². The smallest absolute Gasteiger partial charge is 0.266 e. The zero-order valence-electron chi connectivity index (χ0n) is 7.30. The van der Waals surface area contributed by atoms with Gasteiger partial charge in [0.05, 0.1) is 0 Å². The van der Waals surface area contributed by atoms with E-state index in [1.807, 2.05) is 19.2 Å². The summed E-state index contributed by atoms with van der Waals surface area (Å²) in [6, 6.07) is 1.63. The summed E-state index contributed by atoms with van der Waals surface area (Å²) in [5.74, 6) is 0. The molecule has 0 aliphatic heterocycles. The van der Waals surface area contributed by atoms with Crippen molar-refractivity contribution in [3.8, 4) is 0 Å². The maximum atomic E-state index is 10.9. The van der Waals surface area contributed by atoms with E-state index in [1.165, 1.54) is 0 Å². The first-order valence-electron chi connectivity index (χ1n) is 3.93. The maximum Gasteiger partial charge on any atom is 0.266 e. The summed E-state index contributed by atoms with van der Waals surface area (Å²) in [5.41, 5.74) is 0.632. The summed E-state index contributed by atoms with van der Waals surface area (Å²) in [6.07, 6.45) is 5.46. The van der Waals surface area contributed by atoms with Gasteiger partial charge in [-0.05, 0) is 18.7 Å². The summed E-state index contributed by atoms with van der Waals surface area (Å²) in [4.78, 5) is 13.4. The highest BCUT2D eigenvalue weighted by molar-refractivity contribution is 6.30. The van der Waals surface area contributed by atoms with Crippen molar-refractivity contribution >= 4 is 17.7 Å². The molecule has 1 aromatic heterocycles. The van der Waals surface area contributed by atoms with Crippen LogP contribution in [-0.4, -0.2) is 18.6 Å². The lowest BCUT2D eigenvalue weighted by Gasteiger charge is -1.93. The van der Waals surface area contributed by atoms with E-state index in [2.05, 4.69) is 10.3 Å². The van der Waals surface area contributed by atoms with Crippen LogP contribution in [0.1, 0.15) is 5.56 Å². The number of aromatic nitrogens is 1. The topological polar surface area (TPSA) is 44.9 Å². The van der Waals surface area contributed by atoms with Crippen LogP contribution in [0.4, 0.5) is 0 Å². The second-order valence-electron chi connectivity index (χ2n) is 2.57. The van der Waals surface area contributed by atoms with Crippen LogP contribution < -0.4 is 10.9 Å². The highest BCUT2D eigenvalue weighted by atomic mass is 35.5. The Hall–Kier alpha value is -1.06. The molecule has 0 unspecified atom stereocenters. The molecule has 0 saturated heterocycles. The zero-order valence-corrected chi connectivity index (χ0v) is 8.06. The predicted molar refractivity (Wildman–Crippen MR) is 55.0 cm³/mol. The Morgan fingerprint density at radius 2 is 2.46 bits per heavy atom. The van der Waals surface area contributed by atoms with E-state index >= 15 is 0 Å². The second-order valence-corrected chi connectivity index (χ2v) is 2.98. The first-order chi connectivity index (χ1) is 6.24. The normalized spacial score (nSPS) is 10.9. The van der Waals surface area contributed by atoms with E-state index in [4.69, 9.17) is 11.6 Å². The number of halogens is 1. The van der Waals surface area contributed by atoms with Crippen LogP contribution in [0, 0.1) is 0 Å². The van der Waals surface area contributed by atoms with Crippen molar-refractivity contribution in [1.29, 1.82) is 0 Å². The molecular formula is C9H11ClN2O. The number of hydrogen-bond acceptors (Lipinski definition) is 2. The molecule has 0 bridgehead atoms. The summed E-state index contributed by atoms with van der Waals surface area (Å²) >= 11 is 5.63. The van der Waals surface area contributed by atoms with Crippen LogP contribution in [0.3, 0.4) is 0 Å². The van der Waals surface area contributed by atoms with Crippen molar-refractivity contribution in [3.63, 3.8) is 0 Å². The lowest BCUT2D eigenvalue weighted by molar-refractivity contribution is 0.922. The molecule has 0 saturated carbocycles. The van der Waals surface area contributed by atoms with Gasteiger partial charge in [0.1, 0.15) is 5.02 Å². The fraction of sp³-hybridized carbons (Fsp3) is 0.222. The highest BCUT2D eigenvalue weighted by Gasteiger charge is 1.94. The van der Waals surface area contributed by atoms with E-state index in [0.717, 1.165) is 12.1 Å². The van der Waals surface area contributed by atoms with Gasteiger partial charge in [0.15, 0.2) is 0 Å². The summed E-state index contributed by atoms with van der Waals surface area (Å²) in [6.45, 7) is 0.788. The molecular weight excluding hydrogens is 188 g/mol. The van der Waals surface area contributed by atoms with Crippen molar-refractivity contribution in [2.45, 2.75) is 0 Å². The maximum absolute atomic E-state index is 10.9. The Balaban J connectivity index is 2.79. The zero-order chi connectivity index (χ0) is 9.68. The first kappa shape index (κ1) is 10.0. The van der Waals surface area contributed by atoms with E-state index in [-0.39, 0.29) is 10.6 Å². The average molecular weight is 199 g/mol. The third-order valence-corrected chi connectivity index (χ3v) is 1.79. The van der Waals surface area contributed by atoms with Gasteiger partial charge >= 0.3 is 0 Å². The summed E-state index contributed by atoms with van der Waals surface area (Å²) in [7, 11) is 1.87. The molecule has 4 heteroatoms. The molecule has 1 heterocycles. The Bertz CT molecular complexity index is 357. The molecule has 0 fully saturated rings.